The van der Waals surface area contributed by atoms with Gasteiger partial charge in [0.15, 0.2) is 0 Å². The Morgan fingerprint density at radius 2 is 2.05 bits per heavy atom. The SMILES string of the molecule is CC1CCC(NC(=O)c2ccc3c(c2)COC3)C(C)N1. The summed E-state index contributed by atoms with van der Waals surface area (Å²) in [5.74, 6) is 0.0212. The lowest BCUT2D eigenvalue weighted by Crippen LogP contribution is -2.54. The Morgan fingerprint density at radius 3 is 2.85 bits per heavy atom. The summed E-state index contributed by atoms with van der Waals surface area (Å²) in [7, 11) is 0. The summed E-state index contributed by atoms with van der Waals surface area (Å²) in [6.07, 6.45) is 2.14. The highest BCUT2D eigenvalue weighted by Gasteiger charge is 2.26. The fraction of sp³-hybridized carbons (Fsp3) is 0.562. The largest absolute Gasteiger partial charge is 0.372 e. The maximum Gasteiger partial charge on any atom is 0.251 e. The van der Waals surface area contributed by atoms with E-state index in [9.17, 15) is 4.79 Å². The van der Waals surface area contributed by atoms with Gasteiger partial charge in [-0.05, 0) is 49.9 Å². The van der Waals surface area contributed by atoms with Crippen LogP contribution in [-0.4, -0.2) is 24.0 Å². The standard InChI is InChI=1S/C16H22N2O2/c1-10-3-6-15(11(2)17-10)18-16(19)12-4-5-13-8-20-9-14(13)7-12/h4-5,7,10-11,15,17H,3,6,8-9H2,1-2H3,(H,18,19). The fourth-order valence-electron chi connectivity index (χ4n) is 3.09. The van der Waals surface area contributed by atoms with Crippen LogP contribution in [0.3, 0.4) is 0 Å². The predicted octanol–water partition coefficient (Wildman–Crippen LogP) is 1.98. The summed E-state index contributed by atoms with van der Waals surface area (Å²) >= 11 is 0. The first kappa shape index (κ1) is 13.6. The van der Waals surface area contributed by atoms with Gasteiger partial charge >= 0.3 is 0 Å². The molecule has 1 saturated heterocycles. The van der Waals surface area contributed by atoms with E-state index in [2.05, 4.69) is 24.5 Å². The van der Waals surface area contributed by atoms with Crippen molar-refractivity contribution in [2.24, 2.45) is 0 Å². The molecule has 0 aromatic heterocycles. The maximum absolute atomic E-state index is 12.4. The third-order valence-electron chi connectivity index (χ3n) is 4.36. The van der Waals surface area contributed by atoms with E-state index in [1.807, 2.05) is 18.2 Å². The molecule has 0 aliphatic carbocycles. The van der Waals surface area contributed by atoms with Crippen molar-refractivity contribution in [2.45, 2.75) is 58.0 Å². The van der Waals surface area contributed by atoms with Crippen molar-refractivity contribution in [1.29, 1.82) is 0 Å². The molecule has 4 nitrogen and oxygen atoms in total. The Hall–Kier alpha value is -1.39. The monoisotopic (exact) mass is 274 g/mol. The summed E-state index contributed by atoms with van der Waals surface area (Å²) in [6.45, 7) is 5.61. The number of rotatable bonds is 2. The molecule has 0 saturated carbocycles. The van der Waals surface area contributed by atoms with Crippen LogP contribution in [-0.2, 0) is 18.0 Å². The highest BCUT2D eigenvalue weighted by atomic mass is 16.5. The topological polar surface area (TPSA) is 50.4 Å². The van der Waals surface area contributed by atoms with Crippen molar-refractivity contribution in [3.8, 4) is 0 Å². The Morgan fingerprint density at radius 1 is 1.25 bits per heavy atom. The summed E-state index contributed by atoms with van der Waals surface area (Å²) < 4.78 is 5.39. The van der Waals surface area contributed by atoms with Gasteiger partial charge in [0.25, 0.3) is 5.91 Å². The number of ether oxygens (including phenoxy) is 1. The lowest BCUT2D eigenvalue weighted by molar-refractivity contribution is 0.0914. The van der Waals surface area contributed by atoms with Gasteiger partial charge in [-0.3, -0.25) is 4.79 Å². The quantitative estimate of drug-likeness (QED) is 0.867. The first-order valence-electron chi connectivity index (χ1n) is 7.40. The molecule has 0 radical (unpaired) electrons. The molecule has 1 amide bonds. The Balaban J connectivity index is 1.67. The van der Waals surface area contributed by atoms with Crippen LogP contribution < -0.4 is 10.6 Å². The zero-order valence-corrected chi connectivity index (χ0v) is 12.1. The lowest BCUT2D eigenvalue weighted by Gasteiger charge is -2.34. The normalized spacial score (nSPS) is 29.0. The number of hydrogen-bond acceptors (Lipinski definition) is 3. The summed E-state index contributed by atoms with van der Waals surface area (Å²) in [5.41, 5.74) is 3.07. The first-order valence-corrected chi connectivity index (χ1v) is 7.40. The highest BCUT2D eigenvalue weighted by Crippen LogP contribution is 2.21. The molecule has 1 aromatic carbocycles. The van der Waals surface area contributed by atoms with E-state index >= 15 is 0 Å². The number of carbonyl (C=O) groups excluding carboxylic acids is 1. The minimum Gasteiger partial charge on any atom is -0.372 e. The summed E-state index contributed by atoms with van der Waals surface area (Å²) in [4.78, 5) is 12.4. The van der Waals surface area contributed by atoms with Gasteiger partial charge in [-0.25, -0.2) is 0 Å². The van der Waals surface area contributed by atoms with Crippen molar-refractivity contribution in [2.75, 3.05) is 0 Å². The molecule has 20 heavy (non-hydrogen) atoms. The van der Waals surface area contributed by atoms with Gasteiger partial charge in [0.2, 0.25) is 0 Å². The minimum absolute atomic E-state index is 0.0212. The Kier molecular flexibility index (Phi) is 3.76. The lowest BCUT2D eigenvalue weighted by atomic mass is 9.95. The molecular weight excluding hydrogens is 252 g/mol. The van der Waals surface area contributed by atoms with E-state index in [-0.39, 0.29) is 11.9 Å². The molecule has 108 valence electrons. The molecule has 2 heterocycles. The second-order valence-corrected chi connectivity index (χ2v) is 5.99. The van der Waals surface area contributed by atoms with Gasteiger partial charge in [-0.2, -0.15) is 0 Å². The van der Waals surface area contributed by atoms with E-state index in [4.69, 9.17) is 4.74 Å². The van der Waals surface area contributed by atoms with Crippen LogP contribution in [0.4, 0.5) is 0 Å². The number of hydrogen-bond donors (Lipinski definition) is 2. The third-order valence-corrected chi connectivity index (χ3v) is 4.36. The van der Waals surface area contributed by atoms with Gasteiger partial charge in [0.1, 0.15) is 0 Å². The zero-order valence-electron chi connectivity index (χ0n) is 12.1. The van der Waals surface area contributed by atoms with Gasteiger partial charge in [0, 0.05) is 23.7 Å². The van der Waals surface area contributed by atoms with Gasteiger partial charge in [-0.1, -0.05) is 6.07 Å². The molecule has 3 rings (SSSR count). The van der Waals surface area contributed by atoms with Crippen molar-refractivity contribution >= 4 is 5.91 Å². The molecule has 0 spiro atoms. The number of fused-ring (bicyclic) bond motifs is 1. The maximum atomic E-state index is 12.4. The average Bonchev–Trinajstić information content (AvgIpc) is 2.89. The van der Waals surface area contributed by atoms with Crippen molar-refractivity contribution < 1.29 is 9.53 Å². The van der Waals surface area contributed by atoms with Crippen LogP contribution in [0.2, 0.25) is 0 Å². The molecular formula is C16H22N2O2. The second kappa shape index (κ2) is 5.54. The van der Waals surface area contributed by atoms with E-state index in [0.29, 0.717) is 25.3 Å². The van der Waals surface area contributed by atoms with Crippen LogP contribution >= 0.6 is 0 Å². The van der Waals surface area contributed by atoms with Crippen LogP contribution in [0.25, 0.3) is 0 Å². The van der Waals surface area contributed by atoms with Gasteiger partial charge in [-0.15, -0.1) is 0 Å². The number of nitrogens with one attached hydrogen (secondary N) is 2. The molecule has 1 aromatic rings. The number of amides is 1. The second-order valence-electron chi connectivity index (χ2n) is 5.99. The first-order chi connectivity index (χ1) is 9.63. The van der Waals surface area contributed by atoms with E-state index in [0.717, 1.165) is 24.0 Å². The summed E-state index contributed by atoms with van der Waals surface area (Å²) in [5, 5.41) is 6.65. The Bertz CT molecular complexity index is 515. The molecule has 3 unspecified atom stereocenters. The summed E-state index contributed by atoms with van der Waals surface area (Å²) in [6, 6.07) is 6.93. The number of benzene rings is 1. The molecule has 2 aliphatic rings. The van der Waals surface area contributed by atoms with E-state index < -0.39 is 0 Å². The molecule has 4 heteroatoms. The van der Waals surface area contributed by atoms with E-state index in [1.165, 1.54) is 5.56 Å². The van der Waals surface area contributed by atoms with Crippen molar-refractivity contribution in [3.05, 3.63) is 34.9 Å². The molecule has 2 N–H and O–H groups in total. The highest BCUT2D eigenvalue weighted by molar-refractivity contribution is 5.94. The third kappa shape index (κ3) is 2.72. The number of piperidine rings is 1. The molecule has 1 fully saturated rings. The van der Waals surface area contributed by atoms with Crippen molar-refractivity contribution in [3.63, 3.8) is 0 Å². The Labute approximate surface area is 119 Å². The molecule has 0 bridgehead atoms. The fourth-order valence-corrected chi connectivity index (χ4v) is 3.09. The predicted molar refractivity (Wildman–Crippen MR) is 77.5 cm³/mol. The minimum atomic E-state index is 0.0212. The van der Waals surface area contributed by atoms with Crippen LogP contribution in [0.15, 0.2) is 18.2 Å². The van der Waals surface area contributed by atoms with E-state index in [1.54, 1.807) is 0 Å². The zero-order chi connectivity index (χ0) is 14.1. The van der Waals surface area contributed by atoms with Crippen LogP contribution in [0.5, 0.6) is 0 Å². The van der Waals surface area contributed by atoms with Crippen LogP contribution in [0.1, 0.15) is 48.2 Å². The van der Waals surface area contributed by atoms with Crippen LogP contribution in [0, 0.1) is 0 Å². The molecule has 3 atom stereocenters. The van der Waals surface area contributed by atoms with Crippen molar-refractivity contribution in [1.82, 2.24) is 10.6 Å². The van der Waals surface area contributed by atoms with Gasteiger partial charge in [0.05, 0.1) is 13.2 Å². The van der Waals surface area contributed by atoms with Gasteiger partial charge < -0.3 is 15.4 Å². The average molecular weight is 274 g/mol. The molecule has 2 aliphatic heterocycles. The number of carbonyl (C=O) groups is 1. The smallest absolute Gasteiger partial charge is 0.251 e.